The second kappa shape index (κ2) is 7.52. The third-order valence-electron chi connectivity index (χ3n) is 3.93. The van der Waals surface area contributed by atoms with Crippen molar-refractivity contribution in [3.63, 3.8) is 0 Å². The summed E-state index contributed by atoms with van der Waals surface area (Å²) >= 11 is 2.97. The summed E-state index contributed by atoms with van der Waals surface area (Å²) in [6.07, 6.45) is 1.90. The van der Waals surface area contributed by atoms with Crippen LogP contribution >= 0.6 is 23.1 Å². The van der Waals surface area contributed by atoms with E-state index in [2.05, 4.69) is 15.6 Å². The molecule has 9 heteroatoms. The number of aromatic nitrogens is 1. The minimum absolute atomic E-state index is 0.107. The summed E-state index contributed by atoms with van der Waals surface area (Å²) < 4.78 is 5.08. The summed E-state index contributed by atoms with van der Waals surface area (Å²) in [7, 11) is 0. The molecular weight excluding hydrogens is 350 g/mol. The van der Waals surface area contributed by atoms with Crippen LogP contribution in [0.25, 0.3) is 0 Å². The number of thiazole rings is 1. The van der Waals surface area contributed by atoms with E-state index in [9.17, 15) is 14.4 Å². The fourth-order valence-electron chi connectivity index (χ4n) is 2.76. The Morgan fingerprint density at radius 1 is 1.42 bits per heavy atom. The van der Waals surface area contributed by atoms with Gasteiger partial charge in [0, 0.05) is 22.8 Å². The Morgan fingerprint density at radius 3 is 3.04 bits per heavy atom. The van der Waals surface area contributed by atoms with Crippen LogP contribution in [0.5, 0.6) is 0 Å². The predicted octanol–water partition coefficient (Wildman–Crippen LogP) is 1.30. The first kappa shape index (κ1) is 17.2. The largest absolute Gasteiger partial charge is 0.465 e. The number of nitrogens with zero attached hydrogens (tertiary/aromatic N) is 1. The van der Waals surface area contributed by atoms with E-state index in [4.69, 9.17) is 4.74 Å². The molecule has 1 fully saturated rings. The van der Waals surface area contributed by atoms with Gasteiger partial charge in [-0.05, 0) is 19.8 Å². The highest BCUT2D eigenvalue weighted by molar-refractivity contribution is 7.99. The van der Waals surface area contributed by atoms with Gasteiger partial charge >= 0.3 is 5.97 Å². The van der Waals surface area contributed by atoms with Crippen molar-refractivity contribution in [1.29, 1.82) is 0 Å². The van der Waals surface area contributed by atoms with Crippen molar-refractivity contribution in [3.05, 3.63) is 10.6 Å². The van der Waals surface area contributed by atoms with Crippen LogP contribution in [-0.2, 0) is 25.5 Å². The van der Waals surface area contributed by atoms with Crippen LogP contribution in [-0.4, -0.2) is 46.9 Å². The second-order valence-corrected chi connectivity index (χ2v) is 7.84. The van der Waals surface area contributed by atoms with E-state index < -0.39 is 6.04 Å². The first-order valence-electron chi connectivity index (χ1n) is 7.92. The monoisotopic (exact) mass is 369 g/mol. The van der Waals surface area contributed by atoms with Crippen LogP contribution in [0.15, 0.2) is 0 Å². The summed E-state index contributed by atoms with van der Waals surface area (Å²) in [5.74, 6) is 0.306. The lowest BCUT2D eigenvalue weighted by molar-refractivity contribution is -0.145. The molecule has 2 atom stereocenters. The number of nitrogens with one attached hydrogen (secondary N) is 2. The van der Waals surface area contributed by atoms with E-state index in [1.54, 1.807) is 18.7 Å². The van der Waals surface area contributed by atoms with Crippen LogP contribution in [0.2, 0.25) is 0 Å². The maximum atomic E-state index is 12.3. The van der Waals surface area contributed by atoms with Gasteiger partial charge in [0.2, 0.25) is 11.8 Å². The van der Waals surface area contributed by atoms with E-state index in [0.717, 1.165) is 17.1 Å². The SMILES string of the molecule is CCOC(=O)[C@@H]1CCc2sc(NC(=O)[C@H]3CSCCC(=O)N3)nc21. The molecule has 0 unspecified atom stereocenters. The Bertz CT molecular complexity index is 661. The molecule has 0 saturated carbocycles. The average molecular weight is 369 g/mol. The lowest BCUT2D eigenvalue weighted by atomic mass is 10.1. The lowest BCUT2D eigenvalue weighted by Crippen LogP contribution is -2.44. The number of amides is 2. The first-order valence-corrected chi connectivity index (χ1v) is 9.89. The molecule has 130 valence electrons. The molecule has 1 saturated heterocycles. The fraction of sp³-hybridized carbons (Fsp3) is 0.600. The molecule has 3 rings (SSSR count). The zero-order valence-corrected chi connectivity index (χ0v) is 14.9. The van der Waals surface area contributed by atoms with Crippen molar-refractivity contribution in [2.24, 2.45) is 0 Å². The van der Waals surface area contributed by atoms with E-state index in [1.807, 2.05) is 0 Å². The van der Waals surface area contributed by atoms with E-state index in [-0.39, 0.29) is 23.7 Å². The topological polar surface area (TPSA) is 97.4 Å². The number of thioether (sulfide) groups is 1. The zero-order chi connectivity index (χ0) is 17.1. The minimum atomic E-state index is -0.551. The Kier molecular flexibility index (Phi) is 5.40. The molecule has 1 aliphatic carbocycles. The normalized spacial score (nSPS) is 23.1. The van der Waals surface area contributed by atoms with E-state index in [0.29, 0.717) is 36.0 Å². The molecular formula is C15H19N3O4S2. The number of anilines is 1. The van der Waals surface area contributed by atoms with Gasteiger partial charge in [0.15, 0.2) is 5.13 Å². The number of ether oxygens (including phenoxy) is 1. The van der Waals surface area contributed by atoms with Crippen LogP contribution in [0, 0.1) is 0 Å². The number of carbonyl (C=O) groups excluding carboxylic acids is 3. The molecule has 2 amide bonds. The summed E-state index contributed by atoms with van der Waals surface area (Å²) in [4.78, 5) is 41.3. The summed E-state index contributed by atoms with van der Waals surface area (Å²) in [6.45, 7) is 2.12. The van der Waals surface area contributed by atoms with Gasteiger partial charge in [-0.2, -0.15) is 11.8 Å². The Balaban J connectivity index is 1.66. The lowest BCUT2D eigenvalue weighted by Gasteiger charge is -2.14. The van der Waals surface area contributed by atoms with Crippen LogP contribution in [0.4, 0.5) is 5.13 Å². The van der Waals surface area contributed by atoms with Crippen LogP contribution < -0.4 is 10.6 Å². The molecule has 0 radical (unpaired) electrons. The van der Waals surface area contributed by atoms with Gasteiger partial charge in [-0.3, -0.25) is 14.4 Å². The van der Waals surface area contributed by atoms with Gasteiger partial charge in [-0.25, -0.2) is 4.98 Å². The van der Waals surface area contributed by atoms with Crippen molar-refractivity contribution < 1.29 is 19.1 Å². The second-order valence-electron chi connectivity index (χ2n) is 5.61. The third kappa shape index (κ3) is 3.72. The van der Waals surface area contributed by atoms with Gasteiger partial charge < -0.3 is 15.4 Å². The highest BCUT2D eigenvalue weighted by Gasteiger charge is 2.34. The molecule has 24 heavy (non-hydrogen) atoms. The minimum Gasteiger partial charge on any atom is -0.465 e. The Labute approximate surface area is 147 Å². The Morgan fingerprint density at radius 2 is 2.25 bits per heavy atom. The number of hydrogen-bond acceptors (Lipinski definition) is 7. The molecule has 7 nitrogen and oxygen atoms in total. The standard InChI is InChI=1S/C15H19N3O4S2/c1-2-22-14(21)8-3-4-10-12(8)17-15(24-10)18-13(20)9-7-23-6-5-11(19)16-9/h8-9H,2-7H2,1H3,(H,16,19)(H,17,18,20)/t8-,9-/m1/s1. The number of esters is 1. The van der Waals surface area contributed by atoms with E-state index in [1.165, 1.54) is 11.3 Å². The van der Waals surface area contributed by atoms with Gasteiger partial charge in [-0.1, -0.05) is 0 Å². The van der Waals surface area contributed by atoms with Gasteiger partial charge in [0.25, 0.3) is 0 Å². The van der Waals surface area contributed by atoms with Crippen molar-refractivity contribution >= 4 is 46.0 Å². The van der Waals surface area contributed by atoms with Crippen LogP contribution in [0.3, 0.4) is 0 Å². The molecule has 1 aromatic rings. The highest BCUT2D eigenvalue weighted by Crippen LogP contribution is 2.39. The third-order valence-corrected chi connectivity index (χ3v) is 6.04. The summed E-state index contributed by atoms with van der Waals surface area (Å²) in [5.41, 5.74) is 0.716. The molecule has 2 N–H and O–H groups in total. The number of fused-ring (bicyclic) bond motifs is 1. The summed E-state index contributed by atoms with van der Waals surface area (Å²) in [6, 6.07) is -0.551. The smallest absolute Gasteiger partial charge is 0.315 e. The Hall–Kier alpha value is -1.61. The summed E-state index contributed by atoms with van der Waals surface area (Å²) in [5, 5.41) is 5.97. The van der Waals surface area contributed by atoms with Crippen molar-refractivity contribution in [2.45, 2.75) is 38.1 Å². The zero-order valence-electron chi connectivity index (χ0n) is 13.3. The van der Waals surface area contributed by atoms with Crippen LogP contribution in [0.1, 0.15) is 36.3 Å². The predicted molar refractivity (Wildman–Crippen MR) is 92.3 cm³/mol. The quantitative estimate of drug-likeness (QED) is 0.777. The van der Waals surface area contributed by atoms with Gasteiger partial charge in [0.05, 0.1) is 12.3 Å². The first-order chi connectivity index (χ1) is 11.6. The molecule has 0 bridgehead atoms. The molecule has 2 aliphatic rings. The number of aryl methyl sites for hydroxylation is 1. The number of carbonyl (C=O) groups is 3. The maximum Gasteiger partial charge on any atom is 0.315 e. The van der Waals surface area contributed by atoms with Crippen molar-refractivity contribution in [1.82, 2.24) is 10.3 Å². The molecule has 0 aromatic carbocycles. The van der Waals surface area contributed by atoms with Crippen molar-refractivity contribution in [2.75, 3.05) is 23.4 Å². The average Bonchev–Trinajstić information content (AvgIpc) is 3.02. The van der Waals surface area contributed by atoms with Gasteiger partial charge in [-0.15, -0.1) is 11.3 Å². The molecule has 1 aliphatic heterocycles. The van der Waals surface area contributed by atoms with Gasteiger partial charge in [0.1, 0.15) is 12.0 Å². The molecule has 2 heterocycles. The molecule has 0 spiro atoms. The number of rotatable bonds is 4. The van der Waals surface area contributed by atoms with E-state index >= 15 is 0 Å². The van der Waals surface area contributed by atoms with Crippen molar-refractivity contribution in [3.8, 4) is 0 Å². The fourth-order valence-corrected chi connectivity index (χ4v) is 4.77. The maximum absolute atomic E-state index is 12.3. The number of hydrogen-bond donors (Lipinski definition) is 2. The highest BCUT2D eigenvalue weighted by atomic mass is 32.2. The molecule has 1 aromatic heterocycles.